The molecular formula is C10H11N5O3. The van der Waals surface area contributed by atoms with E-state index < -0.39 is 5.91 Å². The van der Waals surface area contributed by atoms with E-state index in [0.29, 0.717) is 18.2 Å². The van der Waals surface area contributed by atoms with Crippen LogP contribution in [0.15, 0.2) is 23.0 Å². The van der Waals surface area contributed by atoms with Gasteiger partial charge in [-0.25, -0.2) is 9.61 Å². The zero-order valence-corrected chi connectivity index (χ0v) is 9.58. The summed E-state index contributed by atoms with van der Waals surface area (Å²) in [7, 11) is 0. The van der Waals surface area contributed by atoms with Gasteiger partial charge in [0.1, 0.15) is 5.69 Å². The number of carbonyl (C=O) groups is 1. The lowest BCUT2D eigenvalue weighted by molar-refractivity contribution is 0.101. The predicted octanol–water partition coefficient (Wildman–Crippen LogP) is 0.698. The van der Waals surface area contributed by atoms with Gasteiger partial charge in [-0.15, -0.1) is 0 Å². The average molecular weight is 249 g/mol. The van der Waals surface area contributed by atoms with E-state index in [4.69, 9.17) is 10.5 Å². The van der Waals surface area contributed by atoms with E-state index in [1.54, 1.807) is 18.3 Å². The number of hydrogen-bond donors (Lipinski definition) is 2. The van der Waals surface area contributed by atoms with Crippen molar-refractivity contribution in [3.8, 4) is 5.88 Å². The van der Waals surface area contributed by atoms with Crippen molar-refractivity contribution in [2.75, 3.05) is 17.7 Å². The van der Waals surface area contributed by atoms with Gasteiger partial charge in [-0.3, -0.25) is 4.79 Å². The van der Waals surface area contributed by atoms with Crippen LogP contribution in [0.3, 0.4) is 0 Å². The van der Waals surface area contributed by atoms with Gasteiger partial charge in [-0.2, -0.15) is 0 Å². The molecule has 0 unspecified atom stereocenters. The summed E-state index contributed by atoms with van der Waals surface area (Å²) in [5.74, 6) is -0.291. The van der Waals surface area contributed by atoms with E-state index in [9.17, 15) is 4.79 Å². The fourth-order valence-electron chi connectivity index (χ4n) is 1.27. The zero-order chi connectivity index (χ0) is 13.0. The highest BCUT2D eigenvalue weighted by Gasteiger charge is 2.17. The molecule has 0 fully saturated rings. The molecule has 2 aromatic rings. The van der Waals surface area contributed by atoms with Crippen molar-refractivity contribution in [3.63, 3.8) is 0 Å². The molecule has 0 radical (unpaired) electrons. The first kappa shape index (κ1) is 11.8. The van der Waals surface area contributed by atoms with Crippen molar-refractivity contribution < 1.29 is 14.2 Å². The lowest BCUT2D eigenvalue weighted by atomic mass is 10.3. The van der Waals surface area contributed by atoms with Crippen molar-refractivity contribution in [1.82, 2.24) is 15.3 Å². The van der Waals surface area contributed by atoms with Crippen LogP contribution >= 0.6 is 0 Å². The topological polar surface area (TPSA) is 116 Å². The molecule has 1 amide bonds. The molecule has 8 heteroatoms. The smallest absolute Gasteiger partial charge is 0.281 e. The van der Waals surface area contributed by atoms with Crippen LogP contribution in [0.5, 0.6) is 5.88 Å². The highest BCUT2D eigenvalue weighted by Crippen LogP contribution is 2.21. The summed E-state index contributed by atoms with van der Waals surface area (Å²) in [4.78, 5) is 15.8. The minimum Gasteiger partial charge on any atom is -0.476 e. The molecule has 0 aliphatic rings. The lowest BCUT2D eigenvalue weighted by Crippen LogP contribution is -2.15. The maximum atomic E-state index is 11.8. The molecule has 0 saturated carbocycles. The van der Waals surface area contributed by atoms with E-state index in [2.05, 4.69) is 25.2 Å². The minimum absolute atomic E-state index is 0.0747. The Bertz CT molecular complexity index is 554. The second kappa shape index (κ2) is 5.13. The highest BCUT2D eigenvalue weighted by atomic mass is 16.6. The van der Waals surface area contributed by atoms with Crippen molar-refractivity contribution in [1.29, 1.82) is 0 Å². The lowest BCUT2D eigenvalue weighted by Gasteiger charge is -2.08. The Kier molecular flexibility index (Phi) is 3.37. The summed E-state index contributed by atoms with van der Waals surface area (Å²) >= 11 is 0. The number of nitrogens with zero attached hydrogens (tertiary/aromatic N) is 3. The van der Waals surface area contributed by atoms with Gasteiger partial charge in [0.2, 0.25) is 17.4 Å². The maximum absolute atomic E-state index is 11.8. The number of pyridine rings is 1. The summed E-state index contributed by atoms with van der Waals surface area (Å²) in [5, 5.41) is 9.29. The largest absolute Gasteiger partial charge is 0.476 e. The van der Waals surface area contributed by atoms with E-state index >= 15 is 0 Å². The second-order valence-electron chi connectivity index (χ2n) is 3.24. The van der Waals surface area contributed by atoms with Crippen LogP contribution in [0.1, 0.15) is 17.4 Å². The number of anilines is 2. The Labute approximate surface area is 102 Å². The van der Waals surface area contributed by atoms with Crippen LogP contribution in [0.4, 0.5) is 11.5 Å². The fraction of sp³-hybridized carbons (Fsp3) is 0.200. The van der Waals surface area contributed by atoms with Gasteiger partial charge in [-0.1, -0.05) is 0 Å². The van der Waals surface area contributed by atoms with Crippen LogP contribution in [-0.4, -0.2) is 27.8 Å². The summed E-state index contributed by atoms with van der Waals surface area (Å²) in [6.45, 7) is 2.26. The number of amides is 1. The van der Waals surface area contributed by atoms with Gasteiger partial charge in [0, 0.05) is 6.20 Å². The molecule has 18 heavy (non-hydrogen) atoms. The maximum Gasteiger partial charge on any atom is 0.281 e. The van der Waals surface area contributed by atoms with Crippen LogP contribution in [-0.2, 0) is 0 Å². The molecule has 2 heterocycles. The van der Waals surface area contributed by atoms with E-state index in [1.807, 2.05) is 6.92 Å². The molecule has 3 N–H and O–H groups in total. The summed E-state index contributed by atoms with van der Waals surface area (Å²) in [6.07, 6.45) is 1.56. The molecule has 2 rings (SSSR count). The van der Waals surface area contributed by atoms with Crippen LogP contribution in [0.25, 0.3) is 0 Å². The van der Waals surface area contributed by atoms with Gasteiger partial charge < -0.3 is 15.8 Å². The SMILES string of the molecule is CCOc1ncccc1NC(=O)c1nonc1N. The third kappa shape index (κ3) is 2.37. The minimum atomic E-state index is -0.539. The van der Waals surface area contributed by atoms with Gasteiger partial charge >= 0.3 is 0 Å². The Morgan fingerprint density at radius 2 is 2.39 bits per heavy atom. The van der Waals surface area contributed by atoms with Crippen LogP contribution in [0, 0.1) is 0 Å². The quantitative estimate of drug-likeness (QED) is 0.818. The van der Waals surface area contributed by atoms with E-state index in [0.717, 1.165) is 0 Å². The van der Waals surface area contributed by atoms with Gasteiger partial charge in [0.15, 0.2) is 0 Å². The van der Waals surface area contributed by atoms with E-state index in [1.165, 1.54) is 0 Å². The normalized spacial score (nSPS) is 10.1. The van der Waals surface area contributed by atoms with Gasteiger partial charge in [0.25, 0.3) is 5.91 Å². The number of hydrogen-bond acceptors (Lipinski definition) is 7. The summed E-state index contributed by atoms with van der Waals surface area (Å²) < 4.78 is 9.62. The number of ether oxygens (including phenoxy) is 1. The molecule has 0 bridgehead atoms. The average Bonchev–Trinajstić information content (AvgIpc) is 2.78. The Balaban J connectivity index is 2.19. The Hall–Kier alpha value is -2.64. The van der Waals surface area contributed by atoms with E-state index in [-0.39, 0.29) is 11.5 Å². The van der Waals surface area contributed by atoms with Crippen molar-refractivity contribution >= 4 is 17.4 Å². The number of nitrogen functional groups attached to an aromatic ring is 1. The number of carbonyl (C=O) groups excluding carboxylic acids is 1. The summed E-state index contributed by atoms with van der Waals surface area (Å²) in [5.41, 5.74) is 5.76. The molecule has 94 valence electrons. The number of rotatable bonds is 4. The molecule has 0 aliphatic carbocycles. The third-order valence-corrected chi connectivity index (χ3v) is 2.03. The number of aromatic nitrogens is 3. The zero-order valence-electron chi connectivity index (χ0n) is 9.58. The fourth-order valence-corrected chi connectivity index (χ4v) is 1.27. The first-order valence-corrected chi connectivity index (χ1v) is 5.19. The Morgan fingerprint density at radius 1 is 1.56 bits per heavy atom. The molecule has 2 aromatic heterocycles. The Morgan fingerprint density at radius 3 is 3.06 bits per heavy atom. The first-order valence-electron chi connectivity index (χ1n) is 5.19. The standard InChI is InChI=1S/C10H11N5O3/c1-2-17-10-6(4-3-5-12-10)13-9(16)7-8(11)15-18-14-7/h3-5H,2H2,1H3,(H2,11,15)(H,13,16). The second-order valence-corrected chi connectivity index (χ2v) is 3.24. The monoisotopic (exact) mass is 249 g/mol. The van der Waals surface area contributed by atoms with Gasteiger partial charge in [0.05, 0.1) is 6.61 Å². The van der Waals surface area contributed by atoms with Gasteiger partial charge in [-0.05, 0) is 29.4 Å². The molecule has 0 spiro atoms. The van der Waals surface area contributed by atoms with Crippen molar-refractivity contribution in [2.24, 2.45) is 0 Å². The highest BCUT2D eigenvalue weighted by molar-refractivity contribution is 6.06. The number of nitrogens with two attached hydrogens (primary N) is 1. The van der Waals surface area contributed by atoms with Crippen LogP contribution < -0.4 is 15.8 Å². The molecule has 0 aliphatic heterocycles. The molecule has 0 atom stereocenters. The number of nitrogens with one attached hydrogen (secondary N) is 1. The molecule has 0 saturated heterocycles. The van der Waals surface area contributed by atoms with Crippen molar-refractivity contribution in [2.45, 2.75) is 6.92 Å². The first-order chi connectivity index (χ1) is 8.72. The molecular weight excluding hydrogens is 238 g/mol. The molecule has 0 aromatic carbocycles. The van der Waals surface area contributed by atoms with Crippen LogP contribution in [0.2, 0.25) is 0 Å². The van der Waals surface area contributed by atoms with Crippen molar-refractivity contribution in [3.05, 3.63) is 24.0 Å². The third-order valence-electron chi connectivity index (χ3n) is 2.03. The summed E-state index contributed by atoms with van der Waals surface area (Å²) in [6, 6.07) is 3.32. The molecule has 8 nitrogen and oxygen atoms in total. The predicted molar refractivity (Wildman–Crippen MR) is 62.1 cm³/mol.